The van der Waals surface area contributed by atoms with Gasteiger partial charge in [0.05, 0.1) is 0 Å². The smallest absolute Gasteiger partial charge is 0.0343 e. The molecular formula is C15H23BrN2. The summed E-state index contributed by atoms with van der Waals surface area (Å²) in [6.45, 7) is 6.03. The summed E-state index contributed by atoms with van der Waals surface area (Å²) in [6.07, 6.45) is 5.13. The normalized spacial score (nSPS) is 21.6. The fraction of sp³-hybridized carbons (Fsp3) is 0.600. The zero-order valence-electron chi connectivity index (χ0n) is 11.2. The van der Waals surface area contributed by atoms with Gasteiger partial charge in [0.25, 0.3) is 0 Å². The molecule has 1 atom stereocenters. The maximum Gasteiger partial charge on any atom is 0.0343 e. The molecule has 2 nitrogen and oxygen atoms in total. The molecule has 1 saturated heterocycles. The average Bonchev–Trinajstić information content (AvgIpc) is 2.59. The van der Waals surface area contributed by atoms with Gasteiger partial charge in [0.1, 0.15) is 0 Å². The maximum atomic E-state index is 3.66. The molecule has 1 aromatic rings. The van der Waals surface area contributed by atoms with Crippen LogP contribution < -0.4 is 5.32 Å². The predicted molar refractivity (Wildman–Crippen MR) is 82.1 cm³/mol. The Labute approximate surface area is 119 Å². The quantitative estimate of drug-likeness (QED) is 0.899. The summed E-state index contributed by atoms with van der Waals surface area (Å²) in [5.41, 5.74) is 1.24. The summed E-state index contributed by atoms with van der Waals surface area (Å²) in [5.74, 6) is 0. The van der Waals surface area contributed by atoms with Crippen molar-refractivity contribution in [3.05, 3.63) is 28.7 Å². The topological polar surface area (TPSA) is 15.3 Å². The molecule has 0 bridgehead atoms. The number of halogens is 1. The Kier molecular flexibility index (Phi) is 5.51. The maximum absolute atomic E-state index is 3.66. The van der Waals surface area contributed by atoms with Crippen LogP contribution >= 0.6 is 15.9 Å². The monoisotopic (exact) mass is 310 g/mol. The van der Waals surface area contributed by atoms with E-state index in [1.54, 1.807) is 0 Å². The number of hydrogen-bond acceptors (Lipinski definition) is 2. The fourth-order valence-corrected chi connectivity index (χ4v) is 2.89. The first kappa shape index (κ1) is 13.9. The van der Waals surface area contributed by atoms with E-state index in [1.165, 1.54) is 51.0 Å². The van der Waals surface area contributed by atoms with Crippen LogP contribution in [0.1, 0.15) is 32.6 Å². The number of hydrogen-bond donors (Lipinski definition) is 1. The minimum atomic E-state index is 0.632. The molecule has 1 aliphatic rings. The van der Waals surface area contributed by atoms with E-state index >= 15 is 0 Å². The zero-order chi connectivity index (χ0) is 12.8. The van der Waals surface area contributed by atoms with E-state index in [0.717, 1.165) is 4.47 Å². The first-order valence-electron chi connectivity index (χ1n) is 7.02. The molecule has 1 unspecified atom stereocenters. The van der Waals surface area contributed by atoms with Gasteiger partial charge in [0.2, 0.25) is 0 Å². The molecule has 0 aliphatic carbocycles. The van der Waals surface area contributed by atoms with Crippen LogP contribution in [0.15, 0.2) is 28.7 Å². The highest BCUT2D eigenvalue weighted by Gasteiger charge is 2.16. The van der Waals surface area contributed by atoms with E-state index in [0.29, 0.717) is 6.04 Å². The summed E-state index contributed by atoms with van der Waals surface area (Å²) in [6, 6.07) is 9.13. The third kappa shape index (κ3) is 4.29. The second-order valence-corrected chi connectivity index (χ2v) is 6.04. The average molecular weight is 311 g/mol. The molecule has 0 amide bonds. The van der Waals surface area contributed by atoms with Gasteiger partial charge >= 0.3 is 0 Å². The number of likely N-dealkylation sites (tertiary alicyclic amines) is 1. The van der Waals surface area contributed by atoms with Crippen molar-refractivity contribution >= 4 is 21.6 Å². The van der Waals surface area contributed by atoms with Crippen LogP contribution in [0.4, 0.5) is 5.69 Å². The van der Waals surface area contributed by atoms with E-state index < -0.39 is 0 Å². The van der Waals surface area contributed by atoms with Crippen LogP contribution in [0.5, 0.6) is 0 Å². The molecule has 0 aromatic heterocycles. The Morgan fingerprint density at radius 1 is 1.22 bits per heavy atom. The second kappa shape index (κ2) is 7.15. The highest BCUT2D eigenvalue weighted by atomic mass is 79.9. The van der Waals surface area contributed by atoms with Gasteiger partial charge in [-0.2, -0.15) is 0 Å². The van der Waals surface area contributed by atoms with Gasteiger partial charge in [-0.05, 0) is 63.0 Å². The number of benzene rings is 1. The van der Waals surface area contributed by atoms with Crippen molar-refractivity contribution in [2.45, 2.75) is 38.6 Å². The van der Waals surface area contributed by atoms with Gasteiger partial charge in [-0.3, -0.25) is 0 Å². The minimum Gasteiger partial charge on any atom is -0.382 e. The highest BCUT2D eigenvalue weighted by Crippen LogP contribution is 2.19. The van der Waals surface area contributed by atoms with E-state index in [9.17, 15) is 0 Å². The number of rotatable bonds is 4. The van der Waals surface area contributed by atoms with Crippen molar-refractivity contribution in [3.8, 4) is 0 Å². The third-order valence-electron chi connectivity index (χ3n) is 3.58. The van der Waals surface area contributed by atoms with Gasteiger partial charge in [-0.25, -0.2) is 0 Å². The van der Waals surface area contributed by atoms with E-state index in [1.807, 2.05) is 0 Å². The first-order chi connectivity index (χ1) is 8.78. The Morgan fingerprint density at radius 3 is 2.72 bits per heavy atom. The number of nitrogens with zero attached hydrogens (tertiary/aromatic N) is 1. The van der Waals surface area contributed by atoms with Crippen molar-refractivity contribution in [3.63, 3.8) is 0 Å². The minimum absolute atomic E-state index is 0.632. The van der Waals surface area contributed by atoms with Crippen LogP contribution in [0.25, 0.3) is 0 Å². The summed E-state index contributed by atoms with van der Waals surface area (Å²) in [5, 5.41) is 3.66. The third-order valence-corrected chi connectivity index (χ3v) is 4.10. The fourth-order valence-electron chi connectivity index (χ4n) is 2.62. The molecular weight excluding hydrogens is 288 g/mol. The SMILES string of the molecule is CCCN1CCCC(Nc2ccc(Br)cc2)CC1. The predicted octanol–water partition coefficient (Wildman–Crippen LogP) is 4.13. The molecule has 1 aliphatic heterocycles. The summed E-state index contributed by atoms with van der Waals surface area (Å²) >= 11 is 3.47. The van der Waals surface area contributed by atoms with Crippen molar-refractivity contribution in [1.29, 1.82) is 0 Å². The summed E-state index contributed by atoms with van der Waals surface area (Å²) in [4.78, 5) is 2.60. The molecule has 2 rings (SSSR count). The molecule has 0 saturated carbocycles. The molecule has 3 heteroatoms. The van der Waals surface area contributed by atoms with Crippen molar-refractivity contribution < 1.29 is 0 Å². The molecule has 1 fully saturated rings. The lowest BCUT2D eigenvalue weighted by molar-refractivity contribution is 0.285. The molecule has 1 N–H and O–H groups in total. The first-order valence-corrected chi connectivity index (χ1v) is 7.81. The Balaban J connectivity index is 1.84. The van der Waals surface area contributed by atoms with Crippen LogP contribution in [0.2, 0.25) is 0 Å². The number of nitrogens with one attached hydrogen (secondary N) is 1. The largest absolute Gasteiger partial charge is 0.382 e. The van der Waals surface area contributed by atoms with Gasteiger partial charge in [0.15, 0.2) is 0 Å². The zero-order valence-corrected chi connectivity index (χ0v) is 12.7. The van der Waals surface area contributed by atoms with Gasteiger partial charge < -0.3 is 10.2 Å². The van der Waals surface area contributed by atoms with Crippen LogP contribution in [0.3, 0.4) is 0 Å². The lowest BCUT2D eigenvalue weighted by Crippen LogP contribution is -2.27. The van der Waals surface area contributed by atoms with Gasteiger partial charge in [-0.1, -0.05) is 22.9 Å². The van der Waals surface area contributed by atoms with Crippen molar-refractivity contribution in [2.24, 2.45) is 0 Å². The molecule has 0 spiro atoms. The molecule has 1 aromatic carbocycles. The van der Waals surface area contributed by atoms with E-state index in [2.05, 4.69) is 57.3 Å². The molecule has 1 heterocycles. The summed E-state index contributed by atoms with van der Waals surface area (Å²) in [7, 11) is 0. The van der Waals surface area contributed by atoms with Crippen LogP contribution in [-0.2, 0) is 0 Å². The van der Waals surface area contributed by atoms with E-state index in [-0.39, 0.29) is 0 Å². The highest BCUT2D eigenvalue weighted by molar-refractivity contribution is 9.10. The van der Waals surface area contributed by atoms with E-state index in [4.69, 9.17) is 0 Å². The number of anilines is 1. The second-order valence-electron chi connectivity index (χ2n) is 5.12. The molecule has 0 radical (unpaired) electrons. The Morgan fingerprint density at radius 2 is 2.00 bits per heavy atom. The van der Waals surface area contributed by atoms with Gasteiger partial charge in [0, 0.05) is 22.7 Å². The molecule has 100 valence electrons. The van der Waals surface area contributed by atoms with Gasteiger partial charge in [-0.15, -0.1) is 0 Å². The Hall–Kier alpha value is -0.540. The van der Waals surface area contributed by atoms with Crippen molar-refractivity contribution in [1.82, 2.24) is 4.90 Å². The summed E-state index contributed by atoms with van der Waals surface area (Å²) < 4.78 is 1.14. The van der Waals surface area contributed by atoms with Crippen LogP contribution in [0, 0.1) is 0 Å². The lowest BCUT2D eigenvalue weighted by atomic mass is 10.1. The van der Waals surface area contributed by atoms with Crippen LogP contribution in [-0.4, -0.2) is 30.6 Å². The molecule has 18 heavy (non-hydrogen) atoms. The van der Waals surface area contributed by atoms with Crippen molar-refractivity contribution in [2.75, 3.05) is 25.0 Å². The lowest BCUT2D eigenvalue weighted by Gasteiger charge is -2.20. The standard InChI is InChI=1S/C15H23BrN2/c1-2-10-18-11-3-4-14(9-12-18)17-15-7-5-13(16)6-8-15/h5-8,14,17H,2-4,9-12H2,1H3. The Bertz CT molecular complexity index is 350.